The van der Waals surface area contributed by atoms with E-state index in [0.717, 1.165) is 23.7 Å². The van der Waals surface area contributed by atoms with Crippen LogP contribution in [-0.4, -0.2) is 17.8 Å². The second-order valence-corrected chi connectivity index (χ2v) is 7.16. The first-order valence-electron chi connectivity index (χ1n) is 8.20. The molecule has 2 saturated carbocycles. The Bertz CT molecular complexity index is 484. The minimum Gasteiger partial charge on any atom is -0.491 e. The zero-order valence-electron chi connectivity index (χ0n) is 13.1. The van der Waals surface area contributed by atoms with Crippen molar-refractivity contribution in [1.82, 2.24) is 0 Å². The van der Waals surface area contributed by atoms with Crippen LogP contribution in [0.5, 0.6) is 5.75 Å². The molecule has 2 aliphatic rings. The molecule has 2 fully saturated rings. The standard InChI is InChI=1S/C18H27NO2/c1-12(2)21-16-7-4-14(5-8-16)17(20)18(11-19)10-13-3-6-15(18)9-13/h4-5,7-8,12-13,15,17,20H,3,6,9-11,19H2,1-2H3. The molecule has 2 bridgehead atoms. The molecule has 116 valence electrons. The lowest BCUT2D eigenvalue weighted by Crippen LogP contribution is -2.41. The summed E-state index contributed by atoms with van der Waals surface area (Å²) in [6.07, 6.45) is 4.60. The molecule has 4 atom stereocenters. The predicted octanol–water partition coefficient (Wildman–Crippen LogP) is 3.27. The Morgan fingerprint density at radius 1 is 1.29 bits per heavy atom. The first kappa shape index (κ1) is 14.9. The molecule has 0 heterocycles. The molecule has 0 saturated heterocycles. The van der Waals surface area contributed by atoms with E-state index in [1.54, 1.807) is 0 Å². The van der Waals surface area contributed by atoms with Crippen molar-refractivity contribution in [2.45, 2.75) is 51.7 Å². The SMILES string of the molecule is CC(C)Oc1ccc(C(O)C2(CN)CC3CCC2C3)cc1. The first-order valence-corrected chi connectivity index (χ1v) is 8.20. The van der Waals surface area contributed by atoms with E-state index in [2.05, 4.69) is 0 Å². The van der Waals surface area contributed by atoms with E-state index in [1.807, 2.05) is 38.1 Å². The van der Waals surface area contributed by atoms with E-state index in [9.17, 15) is 5.11 Å². The van der Waals surface area contributed by atoms with Crippen LogP contribution in [0.4, 0.5) is 0 Å². The lowest BCUT2D eigenvalue weighted by atomic mass is 9.67. The molecule has 1 aromatic carbocycles. The van der Waals surface area contributed by atoms with Gasteiger partial charge >= 0.3 is 0 Å². The summed E-state index contributed by atoms with van der Waals surface area (Å²) >= 11 is 0. The fourth-order valence-corrected chi connectivity index (χ4v) is 4.52. The molecule has 2 aliphatic carbocycles. The average Bonchev–Trinajstić information content (AvgIpc) is 3.07. The molecule has 0 amide bonds. The van der Waals surface area contributed by atoms with E-state index in [4.69, 9.17) is 10.5 Å². The van der Waals surface area contributed by atoms with Gasteiger partial charge in [-0.1, -0.05) is 18.6 Å². The van der Waals surface area contributed by atoms with E-state index >= 15 is 0 Å². The van der Waals surface area contributed by atoms with Crippen LogP contribution < -0.4 is 10.5 Å². The monoisotopic (exact) mass is 289 g/mol. The Kier molecular flexibility index (Phi) is 3.98. The highest BCUT2D eigenvalue weighted by molar-refractivity contribution is 5.30. The molecule has 21 heavy (non-hydrogen) atoms. The van der Waals surface area contributed by atoms with Gasteiger partial charge in [-0.25, -0.2) is 0 Å². The zero-order valence-corrected chi connectivity index (χ0v) is 13.1. The van der Waals surface area contributed by atoms with Gasteiger partial charge in [0.05, 0.1) is 12.2 Å². The van der Waals surface area contributed by atoms with Crippen LogP contribution in [0, 0.1) is 17.3 Å². The smallest absolute Gasteiger partial charge is 0.119 e. The van der Waals surface area contributed by atoms with Crippen LogP contribution >= 0.6 is 0 Å². The Morgan fingerprint density at radius 3 is 2.48 bits per heavy atom. The summed E-state index contributed by atoms with van der Waals surface area (Å²) < 4.78 is 5.67. The molecule has 3 rings (SSSR count). The molecule has 0 aromatic heterocycles. The maximum atomic E-state index is 10.9. The third-order valence-corrected chi connectivity index (χ3v) is 5.52. The summed E-state index contributed by atoms with van der Waals surface area (Å²) in [6.45, 7) is 4.61. The van der Waals surface area contributed by atoms with Crippen LogP contribution in [0.25, 0.3) is 0 Å². The summed E-state index contributed by atoms with van der Waals surface area (Å²) in [7, 11) is 0. The van der Waals surface area contributed by atoms with Crippen LogP contribution in [-0.2, 0) is 0 Å². The van der Waals surface area contributed by atoms with Gasteiger partial charge in [-0.2, -0.15) is 0 Å². The van der Waals surface area contributed by atoms with Crippen molar-refractivity contribution < 1.29 is 9.84 Å². The van der Waals surface area contributed by atoms with Gasteiger partial charge in [0.1, 0.15) is 5.75 Å². The van der Waals surface area contributed by atoms with E-state index in [0.29, 0.717) is 12.5 Å². The predicted molar refractivity (Wildman–Crippen MR) is 84.1 cm³/mol. The van der Waals surface area contributed by atoms with Crippen molar-refractivity contribution in [1.29, 1.82) is 0 Å². The van der Waals surface area contributed by atoms with Crippen LogP contribution in [0.2, 0.25) is 0 Å². The van der Waals surface area contributed by atoms with Crippen molar-refractivity contribution in [2.24, 2.45) is 23.0 Å². The number of nitrogens with two attached hydrogens (primary N) is 1. The van der Waals surface area contributed by atoms with Crippen molar-refractivity contribution in [2.75, 3.05) is 6.54 Å². The highest BCUT2D eigenvalue weighted by atomic mass is 16.5. The molecule has 3 N–H and O–H groups in total. The molecule has 0 spiro atoms. The third kappa shape index (κ3) is 2.58. The fourth-order valence-electron chi connectivity index (χ4n) is 4.52. The minimum atomic E-state index is -0.453. The van der Waals surface area contributed by atoms with Crippen LogP contribution in [0.1, 0.15) is 51.2 Å². The molecule has 1 aromatic rings. The molecule has 0 aliphatic heterocycles. The zero-order chi connectivity index (χ0) is 15.0. The molecule has 4 unspecified atom stereocenters. The normalized spacial score (nSPS) is 32.6. The maximum Gasteiger partial charge on any atom is 0.119 e. The van der Waals surface area contributed by atoms with Gasteiger partial charge in [0, 0.05) is 12.0 Å². The maximum absolute atomic E-state index is 10.9. The van der Waals surface area contributed by atoms with E-state index < -0.39 is 6.10 Å². The number of ether oxygens (including phenoxy) is 1. The summed E-state index contributed by atoms with van der Waals surface area (Å²) in [5, 5.41) is 10.9. The molecule has 0 radical (unpaired) electrons. The number of aliphatic hydroxyl groups excluding tert-OH is 1. The average molecular weight is 289 g/mol. The molecular weight excluding hydrogens is 262 g/mol. The van der Waals surface area contributed by atoms with Gasteiger partial charge in [-0.15, -0.1) is 0 Å². The first-order chi connectivity index (χ1) is 10.0. The number of hydrogen-bond acceptors (Lipinski definition) is 3. The third-order valence-electron chi connectivity index (χ3n) is 5.52. The van der Waals surface area contributed by atoms with Crippen LogP contribution in [0.15, 0.2) is 24.3 Å². The lowest BCUT2D eigenvalue weighted by Gasteiger charge is -2.41. The van der Waals surface area contributed by atoms with Gasteiger partial charge in [0.25, 0.3) is 0 Å². The molecule has 3 nitrogen and oxygen atoms in total. The van der Waals surface area contributed by atoms with Crippen molar-refractivity contribution in [3.63, 3.8) is 0 Å². The van der Waals surface area contributed by atoms with E-state index in [1.165, 1.54) is 19.3 Å². The topological polar surface area (TPSA) is 55.5 Å². The highest BCUT2D eigenvalue weighted by Gasteiger charge is 2.54. The van der Waals surface area contributed by atoms with Gasteiger partial charge in [0.15, 0.2) is 0 Å². The second-order valence-electron chi connectivity index (χ2n) is 7.16. The Balaban J connectivity index is 1.79. The quantitative estimate of drug-likeness (QED) is 0.874. The fraction of sp³-hybridized carbons (Fsp3) is 0.667. The van der Waals surface area contributed by atoms with Crippen LogP contribution in [0.3, 0.4) is 0 Å². The van der Waals surface area contributed by atoms with Crippen molar-refractivity contribution in [3.05, 3.63) is 29.8 Å². The molecule has 3 heteroatoms. The summed E-state index contributed by atoms with van der Waals surface area (Å²) in [4.78, 5) is 0. The number of fused-ring (bicyclic) bond motifs is 2. The van der Waals surface area contributed by atoms with Gasteiger partial charge in [-0.05, 0) is 62.6 Å². The number of hydrogen-bond donors (Lipinski definition) is 2. The summed E-state index contributed by atoms with van der Waals surface area (Å²) in [5.74, 6) is 2.22. The number of rotatable bonds is 5. The van der Waals surface area contributed by atoms with E-state index in [-0.39, 0.29) is 11.5 Å². The van der Waals surface area contributed by atoms with Gasteiger partial charge in [0.2, 0.25) is 0 Å². The number of aliphatic hydroxyl groups is 1. The Labute approximate surface area is 127 Å². The minimum absolute atomic E-state index is 0.108. The summed E-state index contributed by atoms with van der Waals surface area (Å²) in [6, 6.07) is 7.89. The Morgan fingerprint density at radius 2 is 2.00 bits per heavy atom. The van der Waals surface area contributed by atoms with Gasteiger partial charge < -0.3 is 15.6 Å². The van der Waals surface area contributed by atoms with Crippen molar-refractivity contribution >= 4 is 0 Å². The summed E-state index contributed by atoms with van der Waals surface area (Å²) in [5.41, 5.74) is 6.97. The highest BCUT2D eigenvalue weighted by Crippen LogP contribution is 2.60. The van der Waals surface area contributed by atoms with Gasteiger partial charge in [-0.3, -0.25) is 0 Å². The Hall–Kier alpha value is -1.06. The lowest BCUT2D eigenvalue weighted by molar-refractivity contribution is -0.0130. The molecular formula is C18H27NO2. The largest absolute Gasteiger partial charge is 0.491 e. The number of benzene rings is 1. The second kappa shape index (κ2) is 5.62. The van der Waals surface area contributed by atoms with Crippen molar-refractivity contribution in [3.8, 4) is 5.75 Å².